The van der Waals surface area contributed by atoms with Crippen molar-refractivity contribution in [1.82, 2.24) is 0 Å². The molecule has 0 bridgehead atoms. The number of nitrogens with one attached hydrogen (secondary N) is 1. The topological polar surface area (TPSA) is 41.6 Å². The van der Waals surface area contributed by atoms with Crippen molar-refractivity contribution in [2.45, 2.75) is 19.9 Å². The Morgan fingerprint density at radius 2 is 2.04 bits per heavy atom. The molecule has 0 aliphatic carbocycles. The Balaban J connectivity index is 1.76. The maximum atomic E-state index is 11.6. The first-order valence-electron chi connectivity index (χ1n) is 7.66. The lowest BCUT2D eigenvalue weighted by atomic mass is 10.1. The maximum absolute atomic E-state index is 11.6. The first-order chi connectivity index (χ1) is 11.5. The van der Waals surface area contributed by atoms with E-state index in [0.717, 1.165) is 29.9 Å². The molecule has 126 valence electrons. The van der Waals surface area contributed by atoms with Crippen LogP contribution in [0.5, 0.6) is 5.75 Å². The van der Waals surface area contributed by atoms with E-state index in [0.29, 0.717) is 22.3 Å². The van der Waals surface area contributed by atoms with Gasteiger partial charge in [0.1, 0.15) is 5.75 Å². The van der Waals surface area contributed by atoms with Crippen molar-refractivity contribution in [2.24, 2.45) is 0 Å². The SMILES string of the molecule is COc1cc(CNc2ccc3c(c2)CCN3C(C)=O)c(Cl)cc1Cl. The van der Waals surface area contributed by atoms with Crippen LogP contribution < -0.4 is 15.0 Å². The quantitative estimate of drug-likeness (QED) is 0.866. The number of nitrogens with zero attached hydrogens (tertiary/aromatic N) is 1. The highest BCUT2D eigenvalue weighted by atomic mass is 35.5. The average molecular weight is 365 g/mol. The van der Waals surface area contributed by atoms with Gasteiger partial charge in [0.2, 0.25) is 5.91 Å². The Kier molecular flexibility index (Phi) is 4.88. The van der Waals surface area contributed by atoms with Crippen molar-refractivity contribution in [3.8, 4) is 5.75 Å². The van der Waals surface area contributed by atoms with Crippen molar-refractivity contribution in [3.63, 3.8) is 0 Å². The van der Waals surface area contributed by atoms with Gasteiger partial charge in [-0.25, -0.2) is 0 Å². The molecule has 0 saturated heterocycles. The number of benzene rings is 2. The molecule has 0 saturated carbocycles. The lowest BCUT2D eigenvalue weighted by molar-refractivity contribution is -0.116. The van der Waals surface area contributed by atoms with Gasteiger partial charge >= 0.3 is 0 Å². The number of hydrogen-bond donors (Lipinski definition) is 1. The number of rotatable bonds is 4. The van der Waals surface area contributed by atoms with Crippen LogP contribution in [-0.2, 0) is 17.8 Å². The number of amides is 1. The van der Waals surface area contributed by atoms with Gasteiger partial charge in [-0.1, -0.05) is 23.2 Å². The normalized spacial score (nSPS) is 12.9. The predicted octanol–water partition coefficient (Wildman–Crippen LogP) is 4.52. The van der Waals surface area contributed by atoms with Crippen molar-refractivity contribution >= 4 is 40.5 Å². The number of methoxy groups -OCH3 is 1. The second-order valence-electron chi connectivity index (χ2n) is 5.70. The minimum absolute atomic E-state index is 0.0782. The standard InChI is InChI=1S/C18H18Cl2N2O2/c1-11(23)22-6-5-12-7-14(3-4-17(12)22)21-10-13-8-18(24-2)16(20)9-15(13)19/h3-4,7-9,21H,5-6,10H2,1-2H3. The minimum Gasteiger partial charge on any atom is -0.495 e. The molecule has 4 nitrogen and oxygen atoms in total. The summed E-state index contributed by atoms with van der Waals surface area (Å²) >= 11 is 12.3. The summed E-state index contributed by atoms with van der Waals surface area (Å²) in [7, 11) is 1.58. The Morgan fingerprint density at radius 3 is 2.75 bits per heavy atom. The Bertz CT molecular complexity index is 793. The number of ether oxygens (including phenoxy) is 1. The zero-order chi connectivity index (χ0) is 17.3. The summed E-state index contributed by atoms with van der Waals surface area (Å²) in [5, 5.41) is 4.45. The van der Waals surface area contributed by atoms with Crippen LogP contribution in [0.25, 0.3) is 0 Å². The van der Waals surface area contributed by atoms with Gasteiger partial charge in [0, 0.05) is 36.4 Å². The summed E-state index contributed by atoms with van der Waals surface area (Å²) in [5.41, 5.74) is 4.07. The number of fused-ring (bicyclic) bond motifs is 1. The zero-order valence-electron chi connectivity index (χ0n) is 13.5. The lowest BCUT2D eigenvalue weighted by Gasteiger charge is -2.15. The van der Waals surface area contributed by atoms with Gasteiger partial charge in [0.25, 0.3) is 0 Å². The highest BCUT2D eigenvalue weighted by Crippen LogP contribution is 2.33. The third kappa shape index (κ3) is 3.30. The second kappa shape index (κ2) is 6.91. The maximum Gasteiger partial charge on any atom is 0.223 e. The smallest absolute Gasteiger partial charge is 0.223 e. The Hall–Kier alpha value is -1.91. The largest absolute Gasteiger partial charge is 0.495 e. The van der Waals surface area contributed by atoms with Crippen LogP contribution in [-0.4, -0.2) is 19.6 Å². The van der Waals surface area contributed by atoms with Crippen molar-refractivity contribution in [3.05, 3.63) is 51.5 Å². The van der Waals surface area contributed by atoms with Gasteiger partial charge in [0.15, 0.2) is 0 Å². The van der Waals surface area contributed by atoms with Gasteiger partial charge < -0.3 is 15.0 Å². The average Bonchev–Trinajstić information content (AvgIpc) is 2.97. The fraction of sp³-hybridized carbons (Fsp3) is 0.278. The van der Waals surface area contributed by atoms with Crippen LogP contribution in [0.1, 0.15) is 18.1 Å². The highest BCUT2D eigenvalue weighted by Gasteiger charge is 2.22. The molecule has 1 heterocycles. The van der Waals surface area contributed by atoms with E-state index in [1.807, 2.05) is 18.2 Å². The molecule has 1 N–H and O–H groups in total. The van der Waals surface area contributed by atoms with Crippen LogP contribution >= 0.6 is 23.2 Å². The van der Waals surface area contributed by atoms with E-state index in [1.54, 1.807) is 25.0 Å². The number of hydrogen-bond acceptors (Lipinski definition) is 3. The Labute approximate surface area is 151 Å². The summed E-state index contributed by atoms with van der Waals surface area (Å²) in [6, 6.07) is 9.56. The van der Waals surface area contributed by atoms with Gasteiger partial charge in [0.05, 0.1) is 12.1 Å². The summed E-state index contributed by atoms with van der Waals surface area (Å²) in [5.74, 6) is 0.679. The van der Waals surface area contributed by atoms with Crippen molar-refractivity contribution in [2.75, 3.05) is 23.9 Å². The third-order valence-electron chi connectivity index (χ3n) is 4.16. The van der Waals surface area contributed by atoms with E-state index < -0.39 is 0 Å². The molecule has 0 radical (unpaired) electrons. The van der Waals surface area contributed by atoms with Crippen LogP contribution in [0.3, 0.4) is 0 Å². The number of carbonyl (C=O) groups is 1. The highest BCUT2D eigenvalue weighted by molar-refractivity contribution is 6.36. The first kappa shape index (κ1) is 16.9. The molecular weight excluding hydrogens is 347 g/mol. The molecule has 2 aromatic rings. The molecule has 0 unspecified atom stereocenters. The number of halogens is 2. The summed E-state index contributed by atoms with van der Waals surface area (Å²) in [6.07, 6.45) is 0.875. The number of anilines is 2. The minimum atomic E-state index is 0.0782. The molecule has 3 rings (SSSR count). The molecular formula is C18H18Cl2N2O2. The van der Waals surface area contributed by atoms with Gasteiger partial charge in [-0.3, -0.25) is 4.79 Å². The van der Waals surface area contributed by atoms with Crippen LogP contribution in [0.2, 0.25) is 10.0 Å². The molecule has 0 aromatic heterocycles. The molecule has 1 aliphatic heterocycles. The van der Waals surface area contributed by atoms with E-state index in [1.165, 1.54) is 5.56 Å². The molecule has 24 heavy (non-hydrogen) atoms. The van der Waals surface area contributed by atoms with Crippen LogP contribution in [0.4, 0.5) is 11.4 Å². The fourth-order valence-electron chi connectivity index (χ4n) is 2.90. The van der Waals surface area contributed by atoms with Crippen LogP contribution in [0, 0.1) is 0 Å². The van der Waals surface area contributed by atoms with E-state index in [9.17, 15) is 4.79 Å². The van der Waals surface area contributed by atoms with Gasteiger partial charge in [-0.15, -0.1) is 0 Å². The molecule has 1 amide bonds. The zero-order valence-corrected chi connectivity index (χ0v) is 15.0. The second-order valence-corrected chi connectivity index (χ2v) is 6.51. The van der Waals surface area contributed by atoms with Crippen molar-refractivity contribution < 1.29 is 9.53 Å². The van der Waals surface area contributed by atoms with Crippen molar-refractivity contribution in [1.29, 1.82) is 0 Å². The molecule has 0 spiro atoms. The molecule has 1 aliphatic rings. The summed E-state index contributed by atoms with van der Waals surface area (Å²) < 4.78 is 5.23. The lowest BCUT2D eigenvalue weighted by Crippen LogP contribution is -2.25. The molecule has 2 aromatic carbocycles. The summed E-state index contributed by atoms with van der Waals surface area (Å²) in [4.78, 5) is 13.4. The first-order valence-corrected chi connectivity index (χ1v) is 8.42. The molecule has 6 heteroatoms. The van der Waals surface area contributed by atoms with E-state index in [-0.39, 0.29) is 5.91 Å². The van der Waals surface area contributed by atoms with Gasteiger partial charge in [-0.2, -0.15) is 0 Å². The third-order valence-corrected chi connectivity index (χ3v) is 4.81. The molecule has 0 fully saturated rings. The summed E-state index contributed by atoms with van der Waals surface area (Å²) in [6.45, 7) is 2.90. The Morgan fingerprint density at radius 1 is 1.25 bits per heavy atom. The predicted molar refractivity (Wildman–Crippen MR) is 98.5 cm³/mol. The van der Waals surface area contributed by atoms with Gasteiger partial charge in [-0.05, 0) is 47.9 Å². The molecule has 0 atom stereocenters. The van der Waals surface area contributed by atoms with E-state index >= 15 is 0 Å². The fourth-order valence-corrected chi connectivity index (χ4v) is 3.43. The van der Waals surface area contributed by atoms with E-state index in [2.05, 4.69) is 11.4 Å². The van der Waals surface area contributed by atoms with E-state index in [4.69, 9.17) is 27.9 Å². The number of carbonyl (C=O) groups excluding carboxylic acids is 1. The monoisotopic (exact) mass is 364 g/mol. The van der Waals surface area contributed by atoms with Crippen LogP contribution in [0.15, 0.2) is 30.3 Å².